The highest BCUT2D eigenvalue weighted by atomic mass is 16.5. The van der Waals surface area contributed by atoms with Crippen LogP contribution in [0.15, 0.2) is 36.7 Å². The number of carbonyl (C=O) groups is 1. The van der Waals surface area contributed by atoms with E-state index in [1.165, 1.54) is 0 Å². The van der Waals surface area contributed by atoms with Crippen molar-refractivity contribution in [1.82, 2.24) is 24.8 Å². The lowest BCUT2D eigenvalue weighted by Gasteiger charge is -2.27. The second-order valence-electron chi connectivity index (χ2n) is 8.17. The van der Waals surface area contributed by atoms with E-state index in [0.29, 0.717) is 29.6 Å². The van der Waals surface area contributed by atoms with Crippen molar-refractivity contribution in [2.75, 3.05) is 32.6 Å². The molecule has 0 spiro atoms. The largest absolute Gasteiger partial charge is 0.497 e. The van der Waals surface area contributed by atoms with Gasteiger partial charge in [-0.2, -0.15) is 0 Å². The van der Waals surface area contributed by atoms with Crippen LogP contribution in [0.3, 0.4) is 0 Å². The van der Waals surface area contributed by atoms with E-state index in [0.717, 1.165) is 35.4 Å². The van der Waals surface area contributed by atoms with Crippen LogP contribution in [-0.4, -0.2) is 58.5 Å². The van der Waals surface area contributed by atoms with Gasteiger partial charge >= 0.3 is 0 Å². The summed E-state index contributed by atoms with van der Waals surface area (Å²) in [4.78, 5) is 35.3. The van der Waals surface area contributed by atoms with Gasteiger partial charge in [-0.25, -0.2) is 19.9 Å². The molecule has 1 atom stereocenters. The molecule has 1 aromatic carbocycles. The van der Waals surface area contributed by atoms with Gasteiger partial charge in [0.15, 0.2) is 0 Å². The predicted octanol–water partition coefficient (Wildman–Crippen LogP) is 3.60. The molecule has 0 N–H and O–H groups in total. The maximum Gasteiger partial charge on any atom is 0.257 e. The number of likely N-dealkylation sites (tertiary alicyclic amines) is 1. The van der Waals surface area contributed by atoms with Crippen molar-refractivity contribution in [2.24, 2.45) is 0 Å². The molecule has 1 saturated heterocycles. The zero-order valence-electron chi connectivity index (χ0n) is 19.2. The van der Waals surface area contributed by atoms with Crippen molar-refractivity contribution in [3.8, 4) is 16.9 Å². The van der Waals surface area contributed by atoms with Crippen molar-refractivity contribution in [3.63, 3.8) is 0 Å². The molecule has 1 aliphatic heterocycles. The average molecular weight is 433 g/mol. The number of ether oxygens (including phenoxy) is 1. The number of hydrogen-bond acceptors (Lipinski definition) is 7. The summed E-state index contributed by atoms with van der Waals surface area (Å²) in [7, 11) is 5.47. The lowest BCUT2D eigenvalue weighted by molar-refractivity contribution is 0.0731. The van der Waals surface area contributed by atoms with E-state index in [9.17, 15) is 4.79 Å². The van der Waals surface area contributed by atoms with Crippen LogP contribution in [0.1, 0.15) is 46.5 Å². The summed E-state index contributed by atoms with van der Waals surface area (Å²) in [5.74, 6) is 1.97. The Balaban J connectivity index is 1.79. The Bertz CT molecular complexity index is 1150. The summed E-state index contributed by atoms with van der Waals surface area (Å²) in [5.41, 5.74) is 3.92. The van der Waals surface area contributed by atoms with E-state index >= 15 is 0 Å². The maximum atomic E-state index is 13.5. The van der Waals surface area contributed by atoms with Gasteiger partial charge < -0.3 is 14.5 Å². The van der Waals surface area contributed by atoms with Gasteiger partial charge in [0.1, 0.15) is 11.6 Å². The number of aromatic nitrogens is 4. The van der Waals surface area contributed by atoms with Gasteiger partial charge in [0.05, 0.1) is 30.1 Å². The number of carbonyl (C=O) groups excluding carboxylic acids is 1. The molecule has 1 aliphatic rings. The first-order valence-electron chi connectivity index (χ1n) is 10.7. The fourth-order valence-corrected chi connectivity index (χ4v) is 4.11. The normalized spacial score (nSPS) is 15.7. The topological polar surface area (TPSA) is 84.3 Å². The van der Waals surface area contributed by atoms with Gasteiger partial charge in [0.25, 0.3) is 5.91 Å². The Kier molecular flexibility index (Phi) is 6.03. The Morgan fingerprint density at radius 3 is 2.69 bits per heavy atom. The van der Waals surface area contributed by atoms with Crippen molar-refractivity contribution in [1.29, 1.82) is 0 Å². The number of hydrogen-bond donors (Lipinski definition) is 0. The summed E-state index contributed by atoms with van der Waals surface area (Å²) < 4.78 is 5.42. The Hall–Kier alpha value is -3.55. The molecule has 3 aromatic rings. The van der Waals surface area contributed by atoms with Crippen LogP contribution in [0.5, 0.6) is 5.75 Å². The van der Waals surface area contributed by atoms with Gasteiger partial charge in [-0.3, -0.25) is 4.79 Å². The molecule has 32 heavy (non-hydrogen) atoms. The zero-order valence-corrected chi connectivity index (χ0v) is 19.2. The molecule has 0 saturated carbocycles. The van der Waals surface area contributed by atoms with Crippen molar-refractivity contribution in [2.45, 2.75) is 32.7 Å². The molecule has 8 heteroatoms. The monoisotopic (exact) mass is 432 g/mol. The lowest BCUT2D eigenvalue weighted by Crippen LogP contribution is -2.32. The van der Waals surface area contributed by atoms with Crippen molar-refractivity contribution in [3.05, 3.63) is 59.4 Å². The first-order chi connectivity index (χ1) is 15.4. The van der Waals surface area contributed by atoms with E-state index in [-0.39, 0.29) is 11.9 Å². The SMILES string of the molecule is COc1cccc(-c2cnc(N(C)C)nc2[C@H]2CCCN2C(=O)c2cnc(C)nc2C)c1. The molecule has 0 aliphatic carbocycles. The average Bonchev–Trinajstić information content (AvgIpc) is 3.28. The van der Waals surface area contributed by atoms with E-state index in [1.54, 1.807) is 13.3 Å². The third kappa shape index (κ3) is 4.12. The smallest absolute Gasteiger partial charge is 0.257 e. The van der Waals surface area contributed by atoms with Gasteiger partial charge in [-0.15, -0.1) is 0 Å². The first kappa shape index (κ1) is 21.7. The molecule has 2 aromatic heterocycles. The number of methoxy groups -OCH3 is 1. The van der Waals surface area contributed by atoms with Crippen LogP contribution in [0.4, 0.5) is 5.95 Å². The summed E-state index contributed by atoms with van der Waals surface area (Å²) in [5, 5.41) is 0. The van der Waals surface area contributed by atoms with E-state index < -0.39 is 0 Å². The Morgan fingerprint density at radius 1 is 1.16 bits per heavy atom. The van der Waals surface area contributed by atoms with E-state index in [4.69, 9.17) is 9.72 Å². The third-order valence-electron chi connectivity index (χ3n) is 5.75. The summed E-state index contributed by atoms with van der Waals surface area (Å²) in [6.07, 6.45) is 5.20. The van der Waals surface area contributed by atoms with Gasteiger partial charge in [0.2, 0.25) is 5.95 Å². The maximum absolute atomic E-state index is 13.5. The minimum absolute atomic E-state index is 0.0633. The minimum Gasteiger partial charge on any atom is -0.497 e. The number of aryl methyl sites for hydroxylation is 2. The Labute approximate surface area is 188 Å². The molecule has 1 fully saturated rings. The van der Waals surface area contributed by atoms with Crippen LogP contribution in [0, 0.1) is 13.8 Å². The highest BCUT2D eigenvalue weighted by Gasteiger charge is 2.34. The quantitative estimate of drug-likeness (QED) is 0.609. The number of amides is 1. The van der Waals surface area contributed by atoms with Gasteiger partial charge in [-0.05, 0) is 44.4 Å². The molecule has 3 heterocycles. The Morgan fingerprint density at radius 2 is 1.97 bits per heavy atom. The van der Waals surface area contributed by atoms with Crippen LogP contribution in [0.25, 0.3) is 11.1 Å². The molecule has 0 radical (unpaired) electrons. The van der Waals surface area contributed by atoms with E-state index in [2.05, 4.69) is 15.0 Å². The number of anilines is 1. The highest BCUT2D eigenvalue weighted by molar-refractivity contribution is 5.95. The fraction of sp³-hybridized carbons (Fsp3) is 0.375. The number of rotatable bonds is 5. The van der Waals surface area contributed by atoms with Crippen LogP contribution in [0.2, 0.25) is 0 Å². The van der Waals surface area contributed by atoms with Crippen LogP contribution >= 0.6 is 0 Å². The fourth-order valence-electron chi connectivity index (χ4n) is 4.11. The standard InChI is InChI=1S/C24H28N6O2/c1-15-19(13-25-16(2)27-15)23(31)30-11-7-10-21(30)22-20(14-26-24(28-22)29(3)4)17-8-6-9-18(12-17)32-5/h6,8-9,12-14,21H,7,10-11H2,1-5H3/t21-/m1/s1. The summed E-state index contributed by atoms with van der Waals surface area (Å²) >= 11 is 0. The molecule has 0 unspecified atom stereocenters. The second-order valence-corrected chi connectivity index (χ2v) is 8.17. The molecule has 8 nitrogen and oxygen atoms in total. The van der Waals surface area contributed by atoms with Gasteiger partial charge in [-0.1, -0.05) is 12.1 Å². The van der Waals surface area contributed by atoms with Crippen molar-refractivity contribution < 1.29 is 9.53 Å². The van der Waals surface area contributed by atoms with Crippen LogP contribution < -0.4 is 9.64 Å². The molecule has 166 valence electrons. The second kappa shape index (κ2) is 8.90. The number of nitrogens with zero attached hydrogens (tertiary/aromatic N) is 6. The van der Waals surface area contributed by atoms with Crippen LogP contribution in [-0.2, 0) is 0 Å². The number of benzene rings is 1. The van der Waals surface area contributed by atoms with Crippen molar-refractivity contribution >= 4 is 11.9 Å². The van der Waals surface area contributed by atoms with Gasteiger partial charge in [0, 0.05) is 38.6 Å². The summed E-state index contributed by atoms with van der Waals surface area (Å²) in [6, 6.07) is 7.67. The minimum atomic E-state index is -0.161. The molecular formula is C24H28N6O2. The van der Waals surface area contributed by atoms with E-state index in [1.807, 2.05) is 68.2 Å². The third-order valence-corrected chi connectivity index (χ3v) is 5.75. The predicted molar refractivity (Wildman–Crippen MR) is 123 cm³/mol. The molecular weight excluding hydrogens is 404 g/mol. The molecule has 1 amide bonds. The summed E-state index contributed by atoms with van der Waals surface area (Å²) in [6.45, 7) is 4.34. The highest BCUT2D eigenvalue weighted by Crippen LogP contribution is 2.38. The zero-order chi connectivity index (χ0) is 22.8. The molecule has 0 bridgehead atoms. The lowest BCUT2D eigenvalue weighted by atomic mass is 9.99. The molecule has 4 rings (SSSR count). The first-order valence-corrected chi connectivity index (χ1v) is 10.7.